The number of carbonyl (C=O) groups excluding carboxylic acids is 1. The smallest absolute Gasteiger partial charge is 0.255 e. The van der Waals surface area contributed by atoms with Crippen LogP contribution >= 0.6 is 23.2 Å². The fourth-order valence-electron chi connectivity index (χ4n) is 1.98. The third-order valence-electron chi connectivity index (χ3n) is 2.99. The highest BCUT2D eigenvalue weighted by Gasteiger charge is 2.10. The van der Waals surface area contributed by atoms with Crippen LogP contribution in [0.25, 0.3) is 10.9 Å². The number of amides is 1. The van der Waals surface area contributed by atoms with Crippen LogP contribution in [0.15, 0.2) is 48.7 Å². The summed E-state index contributed by atoms with van der Waals surface area (Å²) in [5, 5.41) is 4.78. The summed E-state index contributed by atoms with van der Waals surface area (Å²) in [6.45, 7) is 0. The third kappa shape index (κ3) is 2.50. The van der Waals surface area contributed by atoms with Crippen LogP contribution in [-0.4, -0.2) is 10.9 Å². The Balaban J connectivity index is 1.90. The molecule has 0 unspecified atom stereocenters. The Hall–Kier alpha value is -1.97. The van der Waals surface area contributed by atoms with Crippen molar-refractivity contribution in [2.45, 2.75) is 0 Å². The van der Waals surface area contributed by atoms with Crippen molar-refractivity contribution in [2.75, 3.05) is 5.32 Å². The summed E-state index contributed by atoms with van der Waals surface area (Å²) >= 11 is 11.9. The number of hydrogen-bond acceptors (Lipinski definition) is 1. The molecule has 1 amide bonds. The second-order valence-electron chi connectivity index (χ2n) is 4.36. The molecule has 3 rings (SSSR count). The number of carbonyl (C=O) groups is 1. The number of nitrogens with one attached hydrogen (secondary N) is 2. The predicted octanol–water partition coefficient (Wildman–Crippen LogP) is 4.73. The molecular formula is C15H10Cl2N2O. The third-order valence-corrected chi connectivity index (χ3v) is 3.56. The second kappa shape index (κ2) is 5.19. The average Bonchev–Trinajstić information content (AvgIpc) is 2.90. The molecule has 0 aliphatic rings. The zero-order chi connectivity index (χ0) is 14.1. The van der Waals surface area contributed by atoms with Crippen molar-refractivity contribution in [3.63, 3.8) is 0 Å². The van der Waals surface area contributed by atoms with Crippen molar-refractivity contribution in [1.29, 1.82) is 0 Å². The second-order valence-corrected chi connectivity index (χ2v) is 5.20. The van der Waals surface area contributed by atoms with Gasteiger partial charge < -0.3 is 10.3 Å². The van der Waals surface area contributed by atoms with Crippen LogP contribution in [0.3, 0.4) is 0 Å². The number of halogens is 2. The number of aromatic amines is 1. The van der Waals surface area contributed by atoms with Crippen molar-refractivity contribution >= 4 is 45.7 Å². The Morgan fingerprint density at radius 3 is 2.75 bits per heavy atom. The summed E-state index contributed by atoms with van der Waals surface area (Å²) in [5.41, 5.74) is 1.96. The summed E-state index contributed by atoms with van der Waals surface area (Å²) in [6.07, 6.45) is 1.83. The molecule has 1 aromatic heterocycles. The molecule has 20 heavy (non-hydrogen) atoms. The van der Waals surface area contributed by atoms with Crippen LogP contribution in [0.4, 0.5) is 5.69 Å². The molecule has 0 fully saturated rings. The lowest BCUT2D eigenvalue weighted by Gasteiger charge is -2.07. The van der Waals surface area contributed by atoms with E-state index in [1.807, 2.05) is 18.3 Å². The lowest BCUT2D eigenvalue weighted by Crippen LogP contribution is -2.12. The maximum atomic E-state index is 12.2. The highest BCUT2D eigenvalue weighted by Crippen LogP contribution is 2.26. The van der Waals surface area contributed by atoms with Crippen LogP contribution in [0, 0.1) is 0 Å². The lowest BCUT2D eigenvalue weighted by molar-refractivity contribution is 0.102. The molecule has 5 heteroatoms. The van der Waals surface area contributed by atoms with Crippen molar-refractivity contribution in [1.82, 2.24) is 4.98 Å². The van der Waals surface area contributed by atoms with Gasteiger partial charge in [-0.3, -0.25) is 4.79 Å². The molecule has 3 nitrogen and oxygen atoms in total. The van der Waals surface area contributed by atoms with E-state index < -0.39 is 0 Å². The maximum absolute atomic E-state index is 12.2. The van der Waals surface area contributed by atoms with Gasteiger partial charge in [0.15, 0.2) is 0 Å². The van der Waals surface area contributed by atoms with Crippen LogP contribution < -0.4 is 5.32 Å². The molecule has 0 radical (unpaired) electrons. The predicted molar refractivity (Wildman–Crippen MR) is 82.7 cm³/mol. The minimum atomic E-state index is -0.231. The van der Waals surface area contributed by atoms with E-state index in [-0.39, 0.29) is 5.91 Å². The quantitative estimate of drug-likeness (QED) is 0.706. The number of H-pyrrole nitrogens is 1. The van der Waals surface area contributed by atoms with Gasteiger partial charge in [0.25, 0.3) is 5.91 Å². The number of anilines is 1. The lowest BCUT2D eigenvalue weighted by atomic mass is 10.1. The van der Waals surface area contributed by atoms with Gasteiger partial charge in [0.2, 0.25) is 0 Å². The first kappa shape index (κ1) is 13.0. The van der Waals surface area contributed by atoms with Crippen molar-refractivity contribution < 1.29 is 4.79 Å². The molecule has 0 spiro atoms. The number of rotatable bonds is 2. The molecular weight excluding hydrogens is 295 g/mol. The highest BCUT2D eigenvalue weighted by molar-refractivity contribution is 6.35. The van der Waals surface area contributed by atoms with Crippen molar-refractivity contribution in [2.24, 2.45) is 0 Å². The van der Waals surface area contributed by atoms with Crippen molar-refractivity contribution in [3.8, 4) is 0 Å². The minimum absolute atomic E-state index is 0.231. The monoisotopic (exact) mass is 304 g/mol. The van der Waals surface area contributed by atoms with E-state index in [0.29, 0.717) is 21.3 Å². The van der Waals surface area contributed by atoms with Gasteiger partial charge in [-0.15, -0.1) is 0 Å². The van der Waals surface area contributed by atoms with Gasteiger partial charge in [0.1, 0.15) is 0 Å². The Bertz CT molecular complexity index is 795. The minimum Gasteiger partial charge on any atom is -0.361 e. The molecule has 0 saturated heterocycles. The van der Waals surface area contributed by atoms with E-state index in [1.165, 1.54) is 0 Å². The van der Waals surface area contributed by atoms with E-state index in [4.69, 9.17) is 23.2 Å². The first-order valence-corrected chi connectivity index (χ1v) is 6.72. The van der Waals surface area contributed by atoms with E-state index >= 15 is 0 Å². The van der Waals surface area contributed by atoms with E-state index in [2.05, 4.69) is 10.3 Å². The summed E-state index contributed by atoms with van der Waals surface area (Å²) in [5.74, 6) is -0.231. The van der Waals surface area contributed by atoms with E-state index in [1.54, 1.807) is 30.3 Å². The fraction of sp³-hybridized carbons (Fsp3) is 0. The van der Waals surface area contributed by atoms with Crippen LogP contribution in [0.2, 0.25) is 10.0 Å². The average molecular weight is 305 g/mol. The van der Waals surface area contributed by atoms with E-state index in [9.17, 15) is 4.79 Å². The molecule has 0 aliphatic heterocycles. The van der Waals surface area contributed by atoms with Crippen LogP contribution in [0.5, 0.6) is 0 Å². The maximum Gasteiger partial charge on any atom is 0.255 e. The molecule has 100 valence electrons. The van der Waals surface area contributed by atoms with Gasteiger partial charge in [0, 0.05) is 22.3 Å². The van der Waals surface area contributed by atoms with Crippen molar-refractivity contribution in [3.05, 3.63) is 64.3 Å². The first-order chi connectivity index (χ1) is 9.63. The van der Waals surface area contributed by atoms with Gasteiger partial charge in [-0.1, -0.05) is 29.3 Å². The highest BCUT2D eigenvalue weighted by atomic mass is 35.5. The van der Waals surface area contributed by atoms with Gasteiger partial charge in [-0.25, -0.2) is 0 Å². The SMILES string of the molecule is O=C(Nc1cc(Cl)ccc1Cl)c1ccc2cc[nH]c2c1. The Morgan fingerprint density at radius 1 is 1.05 bits per heavy atom. The van der Waals surface area contributed by atoms with E-state index in [0.717, 1.165) is 10.9 Å². The van der Waals surface area contributed by atoms with Gasteiger partial charge in [-0.2, -0.15) is 0 Å². The normalized spacial score (nSPS) is 10.7. The standard InChI is InChI=1S/C15H10Cl2N2O/c16-11-3-4-12(17)14(8-11)19-15(20)10-2-1-9-5-6-18-13(9)7-10/h1-8,18H,(H,19,20). The summed E-state index contributed by atoms with van der Waals surface area (Å²) in [4.78, 5) is 15.3. The summed E-state index contributed by atoms with van der Waals surface area (Å²) in [6, 6.07) is 12.3. The molecule has 0 bridgehead atoms. The number of aromatic nitrogens is 1. The molecule has 0 atom stereocenters. The molecule has 1 heterocycles. The zero-order valence-corrected chi connectivity index (χ0v) is 11.8. The van der Waals surface area contributed by atoms with Crippen LogP contribution in [0.1, 0.15) is 10.4 Å². The Kier molecular flexibility index (Phi) is 3.38. The number of hydrogen-bond donors (Lipinski definition) is 2. The fourth-order valence-corrected chi connectivity index (χ4v) is 2.31. The molecule has 2 aromatic carbocycles. The number of fused-ring (bicyclic) bond motifs is 1. The Labute approximate surface area is 125 Å². The largest absolute Gasteiger partial charge is 0.361 e. The van der Waals surface area contributed by atoms with Gasteiger partial charge in [0.05, 0.1) is 10.7 Å². The van der Waals surface area contributed by atoms with Crippen LogP contribution in [-0.2, 0) is 0 Å². The molecule has 2 N–H and O–H groups in total. The van der Waals surface area contributed by atoms with Gasteiger partial charge in [-0.05, 0) is 41.8 Å². The summed E-state index contributed by atoms with van der Waals surface area (Å²) < 4.78 is 0. The molecule has 0 aliphatic carbocycles. The molecule has 0 saturated carbocycles. The topological polar surface area (TPSA) is 44.9 Å². The summed E-state index contributed by atoms with van der Waals surface area (Å²) in [7, 11) is 0. The number of benzene rings is 2. The van der Waals surface area contributed by atoms with Gasteiger partial charge >= 0.3 is 0 Å². The Morgan fingerprint density at radius 2 is 1.90 bits per heavy atom. The molecule has 3 aromatic rings. The first-order valence-electron chi connectivity index (χ1n) is 5.97. The zero-order valence-electron chi connectivity index (χ0n) is 10.3.